The summed E-state index contributed by atoms with van der Waals surface area (Å²) >= 11 is 0. The second kappa shape index (κ2) is 5.73. The highest BCUT2D eigenvalue weighted by atomic mass is 19.1. The third kappa shape index (κ3) is 2.58. The van der Waals surface area contributed by atoms with Gasteiger partial charge in [-0.05, 0) is 36.4 Å². The maximum absolute atomic E-state index is 13.0. The minimum absolute atomic E-state index is 0.132. The fourth-order valence-corrected chi connectivity index (χ4v) is 2.50. The minimum atomic E-state index is -0.320. The lowest BCUT2D eigenvalue weighted by Crippen LogP contribution is -2.21. The number of aromatic nitrogens is 3. The first-order chi connectivity index (χ1) is 11.7. The summed E-state index contributed by atoms with van der Waals surface area (Å²) in [6.07, 6.45) is 2.98. The number of hydrogen-bond acceptors (Lipinski definition) is 4. The molecule has 24 heavy (non-hydrogen) atoms. The van der Waals surface area contributed by atoms with Gasteiger partial charge >= 0.3 is 0 Å². The Morgan fingerprint density at radius 3 is 2.71 bits per heavy atom. The van der Waals surface area contributed by atoms with Crippen LogP contribution in [0.4, 0.5) is 4.39 Å². The Hall–Kier alpha value is -3.28. The second-order valence-electron chi connectivity index (χ2n) is 5.35. The van der Waals surface area contributed by atoms with Crippen molar-refractivity contribution in [2.24, 2.45) is 0 Å². The molecule has 2 aromatic carbocycles. The second-order valence-corrected chi connectivity index (χ2v) is 5.35. The smallest absolute Gasteiger partial charge is 0.261 e. The van der Waals surface area contributed by atoms with Crippen LogP contribution in [0.3, 0.4) is 0 Å². The average Bonchev–Trinajstić information content (AvgIpc) is 3.07. The number of oxazole rings is 1. The number of hydrogen-bond donors (Lipinski definition) is 0. The van der Waals surface area contributed by atoms with E-state index >= 15 is 0 Å². The number of benzene rings is 2. The summed E-state index contributed by atoms with van der Waals surface area (Å²) in [4.78, 5) is 21.1. The van der Waals surface area contributed by atoms with Crippen LogP contribution in [0.5, 0.6) is 0 Å². The van der Waals surface area contributed by atoms with E-state index in [-0.39, 0.29) is 17.9 Å². The van der Waals surface area contributed by atoms with Gasteiger partial charge in [0.25, 0.3) is 5.56 Å². The van der Waals surface area contributed by atoms with E-state index in [1.807, 2.05) is 6.07 Å². The number of nitrogens with zero attached hydrogens (tertiary/aromatic N) is 3. The summed E-state index contributed by atoms with van der Waals surface area (Å²) in [5, 5.41) is 0.558. The third-order valence-electron chi connectivity index (χ3n) is 3.71. The predicted molar refractivity (Wildman–Crippen MR) is 87.0 cm³/mol. The van der Waals surface area contributed by atoms with Crippen LogP contribution in [0.25, 0.3) is 22.4 Å². The van der Waals surface area contributed by atoms with E-state index in [9.17, 15) is 9.18 Å². The molecule has 0 spiro atoms. The molecule has 6 heteroatoms. The molecule has 4 aromatic rings. The Morgan fingerprint density at radius 2 is 1.88 bits per heavy atom. The highest BCUT2D eigenvalue weighted by Gasteiger charge is 2.09. The van der Waals surface area contributed by atoms with E-state index in [0.717, 1.165) is 0 Å². The lowest BCUT2D eigenvalue weighted by Gasteiger charge is -2.03. The molecule has 2 heterocycles. The van der Waals surface area contributed by atoms with Gasteiger partial charge in [0.2, 0.25) is 5.89 Å². The van der Waals surface area contributed by atoms with Crippen molar-refractivity contribution in [1.82, 2.24) is 14.5 Å². The molecule has 0 atom stereocenters. The fraction of sp³-hybridized carbons (Fsp3) is 0.0556. The van der Waals surface area contributed by atoms with Crippen molar-refractivity contribution >= 4 is 10.9 Å². The van der Waals surface area contributed by atoms with Crippen molar-refractivity contribution in [3.05, 3.63) is 83.0 Å². The highest BCUT2D eigenvalue weighted by Crippen LogP contribution is 2.19. The van der Waals surface area contributed by atoms with E-state index in [1.54, 1.807) is 30.3 Å². The molecule has 118 valence electrons. The zero-order valence-corrected chi connectivity index (χ0v) is 12.5. The average molecular weight is 321 g/mol. The van der Waals surface area contributed by atoms with Gasteiger partial charge in [-0.1, -0.05) is 12.1 Å². The molecule has 0 radical (unpaired) electrons. The molecular formula is C18H12FN3O2. The van der Waals surface area contributed by atoms with Gasteiger partial charge in [-0.2, -0.15) is 0 Å². The molecule has 0 aliphatic rings. The van der Waals surface area contributed by atoms with Crippen molar-refractivity contribution in [3.8, 4) is 11.5 Å². The Morgan fingerprint density at radius 1 is 1.08 bits per heavy atom. The van der Waals surface area contributed by atoms with Crippen LogP contribution < -0.4 is 5.56 Å². The Labute approximate surface area is 136 Å². The van der Waals surface area contributed by atoms with Gasteiger partial charge < -0.3 is 4.42 Å². The van der Waals surface area contributed by atoms with Crippen molar-refractivity contribution in [2.45, 2.75) is 6.54 Å². The third-order valence-corrected chi connectivity index (χ3v) is 3.71. The number of halogens is 1. The van der Waals surface area contributed by atoms with Gasteiger partial charge in [-0.15, -0.1) is 0 Å². The summed E-state index contributed by atoms with van der Waals surface area (Å²) in [7, 11) is 0. The Balaban J connectivity index is 1.66. The van der Waals surface area contributed by atoms with E-state index in [4.69, 9.17) is 4.42 Å². The molecule has 0 saturated carbocycles. The maximum atomic E-state index is 13.0. The van der Waals surface area contributed by atoms with Crippen LogP contribution >= 0.6 is 0 Å². The number of para-hydroxylation sites is 1. The minimum Gasteiger partial charge on any atom is -0.444 e. The largest absolute Gasteiger partial charge is 0.444 e. The lowest BCUT2D eigenvalue weighted by molar-refractivity contribution is 0.570. The van der Waals surface area contributed by atoms with Gasteiger partial charge in [-0.3, -0.25) is 9.36 Å². The first-order valence-corrected chi connectivity index (χ1v) is 7.35. The van der Waals surface area contributed by atoms with Crippen molar-refractivity contribution in [1.29, 1.82) is 0 Å². The molecule has 0 aliphatic heterocycles. The summed E-state index contributed by atoms with van der Waals surface area (Å²) in [6, 6.07) is 13.1. The maximum Gasteiger partial charge on any atom is 0.261 e. The van der Waals surface area contributed by atoms with Crippen LogP contribution in [0.15, 0.2) is 70.3 Å². The van der Waals surface area contributed by atoms with E-state index in [2.05, 4.69) is 9.97 Å². The monoisotopic (exact) mass is 321 g/mol. The van der Waals surface area contributed by atoms with Gasteiger partial charge in [0, 0.05) is 5.56 Å². The lowest BCUT2D eigenvalue weighted by atomic mass is 10.2. The predicted octanol–water partition coefficient (Wildman–Crippen LogP) is 3.24. The fourth-order valence-electron chi connectivity index (χ4n) is 2.50. The van der Waals surface area contributed by atoms with Crippen LogP contribution in [0, 0.1) is 5.82 Å². The normalized spacial score (nSPS) is 11.0. The summed E-state index contributed by atoms with van der Waals surface area (Å²) in [6.45, 7) is 0.251. The molecule has 2 aromatic heterocycles. The molecule has 0 saturated heterocycles. The molecule has 0 bridgehead atoms. The molecule has 0 amide bonds. The van der Waals surface area contributed by atoms with Crippen LogP contribution in [0.1, 0.15) is 5.69 Å². The van der Waals surface area contributed by atoms with Crippen molar-refractivity contribution in [2.75, 3.05) is 0 Å². The topological polar surface area (TPSA) is 60.9 Å². The van der Waals surface area contributed by atoms with Gasteiger partial charge in [0.1, 0.15) is 12.1 Å². The van der Waals surface area contributed by atoms with Gasteiger partial charge in [0.15, 0.2) is 0 Å². The zero-order chi connectivity index (χ0) is 16.5. The van der Waals surface area contributed by atoms with Crippen molar-refractivity contribution < 1.29 is 8.81 Å². The summed E-state index contributed by atoms with van der Waals surface area (Å²) in [5.41, 5.74) is 1.79. The first-order valence-electron chi connectivity index (χ1n) is 7.35. The van der Waals surface area contributed by atoms with Crippen LogP contribution in [0.2, 0.25) is 0 Å². The molecule has 4 rings (SSSR count). The molecule has 0 unspecified atom stereocenters. The number of fused-ring (bicyclic) bond motifs is 1. The quantitative estimate of drug-likeness (QED) is 0.581. The molecule has 0 fully saturated rings. The van der Waals surface area contributed by atoms with Crippen LogP contribution in [-0.2, 0) is 6.54 Å². The number of rotatable bonds is 3. The van der Waals surface area contributed by atoms with Crippen molar-refractivity contribution in [3.63, 3.8) is 0 Å². The standard InChI is InChI=1S/C18H12FN3O2/c19-13-7-5-12(6-8-13)17-21-14(10-24-17)9-22-11-20-16-4-2-1-3-15(16)18(22)23/h1-8,10-11H,9H2. The molecule has 0 N–H and O–H groups in total. The van der Waals surface area contributed by atoms with Gasteiger partial charge in [-0.25, -0.2) is 14.4 Å². The van der Waals surface area contributed by atoms with Gasteiger partial charge in [0.05, 0.1) is 29.5 Å². The molecular weight excluding hydrogens is 309 g/mol. The Kier molecular flexibility index (Phi) is 3.42. The summed E-state index contributed by atoms with van der Waals surface area (Å²) in [5.74, 6) is 0.0612. The molecule has 0 aliphatic carbocycles. The SMILES string of the molecule is O=c1c2ccccc2ncn1Cc1coc(-c2ccc(F)cc2)n1. The van der Waals surface area contributed by atoms with E-state index in [1.165, 1.54) is 29.3 Å². The van der Waals surface area contributed by atoms with E-state index in [0.29, 0.717) is 28.1 Å². The van der Waals surface area contributed by atoms with E-state index < -0.39 is 0 Å². The Bertz CT molecular complexity index is 1070. The summed E-state index contributed by atoms with van der Waals surface area (Å²) < 4.78 is 19.9. The highest BCUT2D eigenvalue weighted by molar-refractivity contribution is 5.76. The first kappa shape index (κ1) is 14.3. The van der Waals surface area contributed by atoms with Crippen LogP contribution in [-0.4, -0.2) is 14.5 Å². The zero-order valence-electron chi connectivity index (χ0n) is 12.5. The molecule has 5 nitrogen and oxygen atoms in total.